The molecule has 0 saturated heterocycles. The molecule has 3 rings (SSSR count). The average Bonchev–Trinajstić information content (AvgIpc) is 3.06. The van der Waals surface area contributed by atoms with Gasteiger partial charge in [-0.1, -0.05) is 29.4 Å². The van der Waals surface area contributed by atoms with E-state index in [-0.39, 0.29) is 17.6 Å². The Morgan fingerprint density at radius 3 is 2.83 bits per heavy atom. The van der Waals surface area contributed by atoms with Crippen LogP contribution in [-0.4, -0.2) is 39.9 Å². The van der Waals surface area contributed by atoms with Crippen LogP contribution in [0, 0.1) is 0 Å². The lowest BCUT2D eigenvalue weighted by Crippen LogP contribution is -2.16. The van der Waals surface area contributed by atoms with Gasteiger partial charge in [0.15, 0.2) is 0 Å². The van der Waals surface area contributed by atoms with E-state index in [1.807, 2.05) is 24.3 Å². The highest BCUT2D eigenvalue weighted by Crippen LogP contribution is 2.19. The van der Waals surface area contributed by atoms with Gasteiger partial charge in [0.1, 0.15) is 5.75 Å². The van der Waals surface area contributed by atoms with Crippen molar-refractivity contribution in [1.82, 2.24) is 14.9 Å². The first kappa shape index (κ1) is 20.5. The molecular weight excluding hydrogens is 414 g/mol. The second-order valence-corrected chi connectivity index (χ2v) is 7.05. The van der Waals surface area contributed by atoms with Gasteiger partial charge in [0.05, 0.1) is 19.1 Å². The standard InChI is InChI=1S/C18H18ClN7O2S/c1-28-15-7-5-12(6-8-15)10-21-23-17-24-25-18(26(17)20)29-11-16(27)22-14-4-2-3-13(19)9-14/h2-10H,11,20H2,1H3,(H,22,27)(H,23,24)/b21-10+. The number of aromatic nitrogens is 3. The summed E-state index contributed by atoms with van der Waals surface area (Å²) in [6.07, 6.45) is 1.61. The van der Waals surface area contributed by atoms with E-state index in [2.05, 4.69) is 26.0 Å². The topological polar surface area (TPSA) is 119 Å². The third-order valence-corrected chi connectivity index (χ3v) is 4.78. The summed E-state index contributed by atoms with van der Waals surface area (Å²) < 4.78 is 6.33. The van der Waals surface area contributed by atoms with Crippen LogP contribution < -0.4 is 21.3 Å². The fourth-order valence-corrected chi connectivity index (χ4v) is 3.05. The van der Waals surface area contributed by atoms with Gasteiger partial charge in [-0.05, 0) is 48.0 Å². The molecule has 3 aromatic rings. The van der Waals surface area contributed by atoms with Crippen molar-refractivity contribution in [2.45, 2.75) is 5.16 Å². The lowest BCUT2D eigenvalue weighted by atomic mass is 10.2. The number of hydrogen-bond donors (Lipinski definition) is 3. The number of ether oxygens (including phenoxy) is 1. The first-order chi connectivity index (χ1) is 14.0. The molecule has 0 fully saturated rings. The summed E-state index contributed by atoms with van der Waals surface area (Å²) >= 11 is 7.05. The van der Waals surface area contributed by atoms with E-state index >= 15 is 0 Å². The molecule has 1 amide bonds. The summed E-state index contributed by atoms with van der Waals surface area (Å²) in [5.41, 5.74) is 4.21. The van der Waals surface area contributed by atoms with Crippen LogP contribution in [0.1, 0.15) is 5.56 Å². The highest BCUT2D eigenvalue weighted by Gasteiger charge is 2.12. The highest BCUT2D eigenvalue weighted by atomic mass is 35.5. The molecule has 0 unspecified atom stereocenters. The summed E-state index contributed by atoms with van der Waals surface area (Å²) in [6, 6.07) is 14.3. The van der Waals surface area contributed by atoms with Crippen molar-refractivity contribution in [1.29, 1.82) is 0 Å². The van der Waals surface area contributed by atoms with E-state index in [0.717, 1.165) is 23.1 Å². The van der Waals surface area contributed by atoms with E-state index in [4.69, 9.17) is 22.2 Å². The molecular formula is C18H18ClN7O2S. The number of nitrogens with one attached hydrogen (secondary N) is 2. The number of carbonyl (C=O) groups excluding carboxylic acids is 1. The molecule has 0 spiro atoms. The second-order valence-electron chi connectivity index (χ2n) is 5.67. The Morgan fingerprint density at radius 1 is 1.31 bits per heavy atom. The number of methoxy groups -OCH3 is 1. The van der Waals surface area contributed by atoms with Gasteiger partial charge in [0.25, 0.3) is 5.95 Å². The van der Waals surface area contributed by atoms with Crippen molar-refractivity contribution >= 4 is 47.1 Å². The van der Waals surface area contributed by atoms with E-state index < -0.39 is 0 Å². The second kappa shape index (κ2) is 9.80. The molecule has 9 nitrogen and oxygen atoms in total. The number of nitrogen functional groups attached to an aromatic ring is 1. The Hall–Kier alpha value is -3.24. The molecule has 4 N–H and O–H groups in total. The maximum Gasteiger partial charge on any atom is 0.264 e. The Morgan fingerprint density at radius 2 is 2.10 bits per heavy atom. The SMILES string of the molecule is COc1ccc(/C=N/Nc2nnc(SCC(=O)Nc3cccc(Cl)c3)n2N)cc1. The molecule has 0 aliphatic rings. The van der Waals surface area contributed by atoms with Crippen LogP contribution in [0.4, 0.5) is 11.6 Å². The van der Waals surface area contributed by atoms with Crippen LogP contribution in [0.15, 0.2) is 58.8 Å². The fourth-order valence-electron chi connectivity index (χ4n) is 2.20. The third kappa shape index (κ3) is 5.87. The van der Waals surface area contributed by atoms with Gasteiger partial charge >= 0.3 is 0 Å². The molecule has 0 radical (unpaired) electrons. The summed E-state index contributed by atoms with van der Waals surface area (Å²) in [5, 5.41) is 15.6. The quantitative estimate of drug-likeness (QED) is 0.217. The van der Waals surface area contributed by atoms with E-state index in [9.17, 15) is 4.79 Å². The monoisotopic (exact) mass is 431 g/mol. The van der Waals surface area contributed by atoms with Crippen LogP contribution in [0.5, 0.6) is 5.75 Å². The number of nitrogens with two attached hydrogens (primary N) is 1. The van der Waals surface area contributed by atoms with Crippen LogP contribution >= 0.6 is 23.4 Å². The van der Waals surface area contributed by atoms with Crippen molar-refractivity contribution in [2.24, 2.45) is 5.10 Å². The number of amides is 1. The summed E-state index contributed by atoms with van der Waals surface area (Å²) in [6.45, 7) is 0. The Balaban J connectivity index is 1.52. The van der Waals surface area contributed by atoms with E-state index in [1.54, 1.807) is 37.6 Å². The van der Waals surface area contributed by atoms with Crippen molar-refractivity contribution < 1.29 is 9.53 Å². The summed E-state index contributed by atoms with van der Waals surface area (Å²) in [5.74, 6) is 6.85. The van der Waals surface area contributed by atoms with Crippen LogP contribution in [0.25, 0.3) is 0 Å². The average molecular weight is 432 g/mol. The van der Waals surface area contributed by atoms with Gasteiger partial charge in [0, 0.05) is 10.7 Å². The number of halogens is 1. The smallest absolute Gasteiger partial charge is 0.264 e. The first-order valence-electron chi connectivity index (χ1n) is 8.37. The van der Waals surface area contributed by atoms with E-state index in [1.165, 1.54) is 4.68 Å². The Bertz CT molecular complexity index is 1010. The van der Waals surface area contributed by atoms with Crippen molar-refractivity contribution in [3.8, 4) is 5.75 Å². The molecule has 0 atom stereocenters. The van der Waals surface area contributed by atoms with Gasteiger partial charge in [0.2, 0.25) is 11.1 Å². The highest BCUT2D eigenvalue weighted by molar-refractivity contribution is 7.99. The molecule has 29 heavy (non-hydrogen) atoms. The number of thioether (sulfide) groups is 1. The minimum atomic E-state index is -0.215. The zero-order valence-corrected chi connectivity index (χ0v) is 16.9. The molecule has 1 aromatic heterocycles. The first-order valence-corrected chi connectivity index (χ1v) is 9.73. The minimum absolute atomic E-state index is 0.108. The Labute approximate surface area is 176 Å². The van der Waals surface area contributed by atoms with Gasteiger partial charge < -0.3 is 15.9 Å². The van der Waals surface area contributed by atoms with Crippen molar-refractivity contribution in [3.05, 3.63) is 59.1 Å². The van der Waals surface area contributed by atoms with Crippen LogP contribution in [-0.2, 0) is 4.79 Å². The van der Waals surface area contributed by atoms with Gasteiger partial charge in [-0.2, -0.15) is 5.10 Å². The molecule has 150 valence electrons. The largest absolute Gasteiger partial charge is 0.497 e. The fraction of sp³-hybridized carbons (Fsp3) is 0.111. The predicted molar refractivity (Wildman–Crippen MR) is 115 cm³/mol. The van der Waals surface area contributed by atoms with Crippen LogP contribution in [0.3, 0.4) is 0 Å². The maximum absolute atomic E-state index is 12.1. The summed E-state index contributed by atoms with van der Waals surface area (Å²) in [7, 11) is 1.61. The lowest BCUT2D eigenvalue weighted by Gasteiger charge is -2.05. The summed E-state index contributed by atoms with van der Waals surface area (Å²) in [4.78, 5) is 12.1. The normalized spacial score (nSPS) is 10.8. The molecule has 0 aliphatic carbocycles. The maximum atomic E-state index is 12.1. The Kier molecular flexibility index (Phi) is 6.93. The third-order valence-electron chi connectivity index (χ3n) is 3.60. The van der Waals surface area contributed by atoms with Crippen LogP contribution in [0.2, 0.25) is 5.02 Å². The zero-order valence-electron chi connectivity index (χ0n) is 15.4. The van der Waals surface area contributed by atoms with Gasteiger partial charge in [-0.25, -0.2) is 10.1 Å². The molecule has 1 heterocycles. The predicted octanol–water partition coefficient (Wildman–Crippen LogP) is 2.83. The minimum Gasteiger partial charge on any atom is -0.497 e. The molecule has 11 heteroatoms. The van der Waals surface area contributed by atoms with Gasteiger partial charge in [-0.15, -0.1) is 10.2 Å². The zero-order chi connectivity index (χ0) is 20.6. The van der Waals surface area contributed by atoms with Crippen molar-refractivity contribution in [3.63, 3.8) is 0 Å². The lowest BCUT2D eigenvalue weighted by molar-refractivity contribution is -0.113. The molecule has 0 aliphatic heterocycles. The van der Waals surface area contributed by atoms with E-state index in [0.29, 0.717) is 15.9 Å². The van der Waals surface area contributed by atoms with Gasteiger partial charge in [-0.3, -0.25) is 4.79 Å². The molecule has 0 bridgehead atoms. The number of hydrogen-bond acceptors (Lipinski definition) is 8. The number of hydrazone groups is 1. The molecule has 0 saturated carbocycles. The number of nitrogens with zero attached hydrogens (tertiary/aromatic N) is 4. The number of anilines is 2. The molecule has 2 aromatic carbocycles. The number of benzene rings is 2. The van der Waals surface area contributed by atoms with Crippen molar-refractivity contribution in [2.75, 3.05) is 29.4 Å². The number of rotatable bonds is 8. The number of carbonyl (C=O) groups is 1.